The highest BCUT2D eigenvalue weighted by molar-refractivity contribution is 5.95. The molecule has 0 spiro atoms. The van der Waals surface area contributed by atoms with Crippen LogP contribution < -0.4 is 15.4 Å². The largest absolute Gasteiger partial charge is 0.482 e. The Kier molecular flexibility index (Phi) is 4.25. The van der Waals surface area contributed by atoms with Gasteiger partial charge in [-0.05, 0) is 56.8 Å². The van der Waals surface area contributed by atoms with Crippen molar-refractivity contribution in [2.24, 2.45) is 0 Å². The Bertz CT molecular complexity index is 566. The van der Waals surface area contributed by atoms with E-state index in [1.165, 1.54) is 24.8 Å². The summed E-state index contributed by atoms with van der Waals surface area (Å²) in [7, 11) is 0. The molecule has 0 fully saturated rings. The lowest BCUT2D eigenvalue weighted by Crippen LogP contribution is -2.26. The SMILES string of the molecule is CC(NCCC1=CCCC1)c1ccc2c(c1)NC(=O)CO2. The Morgan fingerprint density at radius 2 is 2.33 bits per heavy atom. The fourth-order valence-electron chi connectivity index (χ4n) is 2.90. The molecule has 21 heavy (non-hydrogen) atoms. The van der Waals surface area contributed by atoms with Crippen LogP contribution in [0.25, 0.3) is 0 Å². The molecule has 1 amide bonds. The lowest BCUT2D eigenvalue weighted by molar-refractivity contribution is -0.118. The molecule has 1 aromatic carbocycles. The maximum Gasteiger partial charge on any atom is 0.262 e. The number of benzene rings is 1. The van der Waals surface area contributed by atoms with Gasteiger partial charge in [0.2, 0.25) is 0 Å². The topological polar surface area (TPSA) is 50.4 Å². The van der Waals surface area contributed by atoms with Gasteiger partial charge in [0.05, 0.1) is 5.69 Å². The first-order valence-electron chi connectivity index (χ1n) is 7.70. The first kappa shape index (κ1) is 14.1. The summed E-state index contributed by atoms with van der Waals surface area (Å²) in [6.07, 6.45) is 7.33. The van der Waals surface area contributed by atoms with Crippen molar-refractivity contribution in [2.45, 2.75) is 38.6 Å². The molecule has 1 aliphatic carbocycles. The van der Waals surface area contributed by atoms with E-state index in [-0.39, 0.29) is 18.6 Å². The van der Waals surface area contributed by atoms with Crippen LogP contribution in [-0.4, -0.2) is 19.1 Å². The van der Waals surface area contributed by atoms with Gasteiger partial charge >= 0.3 is 0 Å². The molecule has 4 nitrogen and oxygen atoms in total. The van der Waals surface area contributed by atoms with Crippen LogP contribution in [0.15, 0.2) is 29.8 Å². The summed E-state index contributed by atoms with van der Waals surface area (Å²) in [6.45, 7) is 3.25. The van der Waals surface area contributed by atoms with Gasteiger partial charge in [0, 0.05) is 6.04 Å². The number of amides is 1. The first-order chi connectivity index (χ1) is 10.2. The Balaban J connectivity index is 1.58. The molecule has 1 unspecified atom stereocenters. The molecular formula is C17H22N2O2. The van der Waals surface area contributed by atoms with E-state index in [0.717, 1.165) is 24.4 Å². The van der Waals surface area contributed by atoms with Crippen LogP contribution in [0, 0.1) is 0 Å². The van der Waals surface area contributed by atoms with Crippen molar-refractivity contribution in [3.63, 3.8) is 0 Å². The number of fused-ring (bicyclic) bond motifs is 1. The van der Waals surface area contributed by atoms with Gasteiger partial charge < -0.3 is 15.4 Å². The summed E-state index contributed by atoms with van der Waals surface area (Å²) in [6, 6.07) is 6.25. The predicted molar refractivity (Wildman–Crippen MR) is 83.5 cm³/mol. The maximum absolute atomic E-state index is 11.4. The summed E-state index contributed by atoms with van der Waals surface area (Å²) < 4.78 is 5.38. The molecule has 1 atom stereocenters. The number of ether oxygens (including phenoxy) is 1. The van der Waals surface area contributed by atoms with E-state index in [1.54, 1.807) is 5.57 Å². The molecule has 1 aromatic rings. The molecule has 0 radical (unpaired) electrons. The van der Waals surface area contributed by atoms with Crippen LogP contribution in [0.2, 0.25) is 0 Å². The molecular weight excluding hydrogens is 264 g/mol. The van der Waals surface area contributed by atoms with Crippen molar-refractivity contribution in [2.75, 3.05) is 18.5 Å². The molecule has 2 aliphatic rings. The smallest absolute Gasteiger partial charge is 0.262 e. The highest BCUT2D eigenvalue weighted by atomic mass is 16.5. The summed E-state index contributed by atoms with van der Waals surface area (Å²) in [4.78, 5) is 11.4. The van der Waals surface area contributed by atoms with Crippen LogP contribution in [0.1, 0.15) is 44.2 Å². The molecule has 1 heterocycles. The normalized spacial score (nSPS) is 18.5. The van der Waals surface area contributed by atoms with Gasteiger partial charge in [-0.3, -0.25) is 4.79 Å². The summed E-state index contributed by atoms with van der Waals surface area (Å²) in [5.41, 5.74) is 3.52. The van der Waals surface area contributed by atoms with Crippen molar-refractivity contribution in [3.05, 3.63) is 35.4 Å². The van der Waals surface area contributed by atoms with Crippen molar-refractivity contribution >= 4 is 11.6 Å². The molecule has 1 aliphatic heterocycles. The van der Waals surface area contributed by atoms with Crippen LogP contribution >= 0.6 is 0 Å². The number of hydrogen-bond donors (Lipinski definition) is 2. The Hall–Kier alpha value is -1.81. The van der Waals surface area contributed by atoms with Gasteiger partial charge in [-0.1, -0.05) is 17.7 Å². The van der Waals surface area contributed by atoms with Gasteiger partial charge in [0.25, 0.3) is 5.91 Å². The lowest BCUT2D eigenvalue weighted by atomic mass is 10.1. The first-order valence-corrected chi connectivity index (χ1v) is 7.70. The molecule has 0 saturated carbocycles. The monoisotopic (exact) mass is 286 g/mol. The minimum atomic E-state index is -0.0894. The zero-order valence-corrected chi connectivity index (χ0v) is 12.4. The molecule has 4 heteroatoms. The summed E-state index contributed by atoms with van der Waals surface area (Å²) in [5.74, 6) is 0.662. The van der Waals surface area contributed by atoms with E-state index in [9.17, 15) is 4.79 Å². The molecule has 0 aromatic heterocycles. The standard InChI is InChI=1S/C17H22N2O2/c1-12(18-9-8-13-4-2-3-5-13)14-6-7-16-15(10-14)19-17(20)11-21-16/h4,6-7,10,12,18H,2-3,5,8-9,11H2,1H3,(H,19,20). The lowest BCUT2D eigenvalue weighted by Gasteiger charge is -2.21. The van der Waals surface area contributed by atoms with Crippen molar-refractivity contribution < 1.29 is 9.53 Å². The highest BCUT2D eigenvalue weighted by Gasteiger charge is 2.17. The van der Waals surface area contributed by atoms with Crippen LogP contribution in [0.4, 0.5) is 5.69 Å². The van der Waals surface area contributed by atoms with Gasteiger partial charge in [-0.2, -0.15) is 0 Å². The summed E-state index contributed by atoms with van der Waals surface area (Å²) >= 11 is 0. The van der Waals surface area contributed by atoms with E-state index in [0.29, 0.717) is 0 Å². The summed E-state index contributed by atoms with van der Waals surface area (Å²) in [5, 5.41) is 6.40. The van der Waals surface area contributed by atoms with E-state index >= 15 is 0 Å². The quantitative estimate of drug-likeness (QED) is 0.817. The fourth-order valence-corrected chi connectivity index (χ4v) is 2.90. The third-order valence-electron chi connectivity index (χ3n) is 4.17. The highest BCUT2D eigenvalue weighted by Crippen LogP contribution is 2.30. The molecule has 2 N–H and O–H groups in total. The Morgan fingerprint density at radius 3 is 3.14 bits per heavy atom. The maximum atomic E-state index is 11.4. The molecule has 0 saturated heterocycles. The second-order valence-corrected chi connectivity index (χ2v) is 5.77. The van der Waals surface area contributed by atoms with Crippen molar-refractivity contribution in [3.8, 4) is 5.75 Å². The van der Waals surface area contributed by atoms with Gasteiger partial charge in [-0.15, -0.1) is 0 Å². The van der Waals surface area contributed by atoms with E-state index in [4.69, 9.17) is 4.74 Å². The minimum absolute atomic E-state index is 0.0894. The third-order valence-corrected chi connectivity index (χ3v) is 4.17. The number of hydrogen-bond acceptors (Lipinski definition) is 3. The average Bonchev–Trinajstić information content (AvgIpc) is 2.99. The number of allylic oxidation sites excluding steroid dienone is 1. The van der Waals surface area contributed by atoms with E-state index in [1.807, 2.05) is 12.1 Å². The van der Waals surface area contributed by atoms with Gasteiger partial charge in [0.1, 0.15) is 5.75 Å². The average molecular weight is 286 g/mol. The van der Waals surface area contributed by atoms with E-state index in [2.05, 4.69) is 29.7 Å². The number of anilines is 1. The fraction of sp³-hybridized carbons (Fsp3) is 0.471. The van der Waals surface area contributed by atoms with Crippen LogP contribution in [0.5, 0.6) is 5.75 Å². The van der Waals surface area contributed by atoms with Gasteiger partial charge in [0.15, 0.2) is 6.61 Å². The van der Waals surface area contributed by atoms with Crippen LogP contribution in [0.3, 0.4) is 0 Å². The number of nitrogens with one attached hydrogen (secondary N) is 2. The number of carbonyl (C=O) groups is 1. The second kappa shape index (κ2) is 6.31. The molecule has 112 valence electrons. The predicted octanol–water partition coefficient (Wildman–Crippen LogP) is 3.17. The Morgan fingerprint density at radius 1 is 1.43 bits per heavy atom. The minimum Gasteiger partial charge on any atom is -0.482 e. The van der Waals surface area contributed by atoms with Gasteiger partial charge in [-0.25, -0.2) is 0 Å². The van der Waals surface area contributed by atoms with Crippen molar-refractivity contribution in [1.82, 2.24) is 5.32 Å². The molecule has 0 bridgehead atoms. The third kappa shape index (κ3) is 3.45. The second-order valence-electron chi connectivity index (χ2n) is 5.77. The van der Waals surface area contributed by atoms with Crippen molar-refractivity contribution in [1.29, 1.82) is 0 Å². The Labute approximate surface area is 125 Å². The zero-order valence-electron chi connectivity index (χ0n) is 12.4. The number of carbonyl (C=O) groups excluding carboxylic acids is 1. The number of rotatable bonds is 5. The van der Waals surface area contributed by atoms with E-state index < -0.39 is 0 Å². The zero-order chi connectivity index (χ0) is 14.7. The molecule has 3 rings (SSSR count). The van der Waals surface area contributed by atoms with Crippen LogP contribution in [-0.2, 0) is 4.79 Å².